The molecule has 0 radical (unpaired) electrons. The zero-order chi connectivity index (χ0) is 12.4. The molecule has 0 spiro atoms. The first-order valence-electron chi connectivity index (χ1n) is 5.57. The first-order valence-corrected chi connectivity index (χ1v) is 6.45. The van der Waals surface area contributed by atoms with Gasteiger partial charge in [-0.3, -0.25) is 5.43 Å². The van der Waals surface area contributed by atoms with E-state index in [1.807, 2.05) is 30.8 Å². The van der Waals surface area contributed by atoms with Crippen molar-refractivity contribution in [1.82, 2.24) is 9.55 Å². The Morgan fingerprint density at radius 1 is 1.39 bits per heavy atom. The summed E-state index contributed by atoms with van der Waals surface area (Å²) < 4.78 is 2.10. The second-order valence-corrected chi connectivity index (χ2v) is 4.81. The molecule has 0 fully saturated rings. The monoisotopic (exact) mass is 256 g/mol. The number of aromatic nitrogens is 2. The molecule has 18 heavy (non-hydrogen) atoms. The van der Waals surface area contributed by atoms with Crippen molar-refractivity contribution in [2.24, 2.45) is 12.1 Å². The lowest BCUT2D eigenvalue weighted by atomic mass is 10.2. The lowest BCUT2D eigenvalue weighted by Crippen LogP contribution is -1.88. The van der Waals surface area contributed by atoms with Crippen molar-refractivity contribution in [2.45, 2.75) is 0 Å². The fraction of sp³-hybridized carbons (Fsp3) is 0.0769. The highest BCUT2D eigenvalue weighted by molar-refractivity contribution is 7.13. The largest absolute Gasteiger partial charge is 0.350 e. The van der Waals surface area contributed by atoms with Crippen molar-refractivity contribution >= 4 is 33.6 Å². The summed E-state index contributed by atoms with van der Waals surface area (Å²) in [6.45, 7) is 0. The molecule has 0 aliphatic rings. The molecular weight excluding hydrogens is 244 g/mol. The number of rotatable bonds is 3. The third kappa shape index (κ3) is 2.00. The lowest BCUT2D eigenvalue weighted by Gasteiger charge is -1.93. The number of nitrogens with zero attached hydrogens (tertiary/aromatic N) is 3. The first kappa shape index (κ1) is 11.0. The Bertz CT molecular complexity index is 682. The molecule has 0 amide bonds. The summed E-state index contributed by atoms with van der Waals surface area (Å²) in [5.41, 5.74) is 5.21. The molecule has 0 aliphatic heterocycles. The zero-order valence-corrected chi connectivity index (χ0v) is 10.7. The second kappa shape index (κ2) is 4.62. The van der Waals surface area contributed by atoms with Gasteiger partial charge >= 0.3 is 0 Å². The van der Waals surface area contributed by atoms with Gasteiger partial charge in [-0.2, -0.15) is 5.10 Å². The van der Waals surface area contributed by atoms with Crippen LogP contribution >= 0.6 is 11.3 Å². The van der Waals surface area contributed by atoms with E-state index in [0.29, 0.717) is 0 Å². The van der Waals surface area contributed by atoms with E-state index >= 15 is 0 Å². The summed E-state index contributed by atoms with van der Waals surface area (Å²) in [6.07, 6.45) is 5.64. The Morgan fingerprint density at radius 3 is 3.11 bits per heavy atom. The summed E-state index contributed by atoms with van der Waals surface area (Å²) in [6, 6.07) is 8.27. The van der Waals surface area contributed by atoms with Crippen molar-refractivity contribution in [3.63, 3.8) is 0 Å². The van der Waals surface area contributed by atoms with Gasteiger partial charge in [0.2, 0.25) is 5.13 Å². The highest BCUT2D eigenvalue weighted by Gasteiger charge is 2.02. The molecule has 1 aromatic carbocycles. The van der Waals surface area contributed by atoms with Crippen LogP contribution in [0.25, 0.3) is 10.9 Å². The average Bonchev–Trinajstić information content (AvgIpc) is 3.00. The molecule has 3 aromatic rings. The van der Waals surface area contributed by atoms with Crippen LogP contribution in [0.4, 0.5) is 5.13 Å². The third-order valence-corrected chi connectivity index (χ3v) is 3.40. The number of para-hydroxylation sites is 1. The topological polar surface area (TPSA) is 42.2 Å². The molecule has 90 valence electrons. The maximum Gasteiger partial charge on any atom is 0.203 e. The summed E-state index contributed by atoms with van der Waals surface area (Å²) >= 11 is 1.53. The smallest absolute Gasteiger partial charge is 0.203 e. The first-order chi connectivity index (χ1) is 8.84. The van der Waals surface area contributed by atoms with Crippen LogP contribution in [0.5, 0.6) is 0 Å². The number of hydrazone groups is 1. The Hall–Kier alpha value is -2.14. The van der Waals surface area contributed by atoms with Gasteiger partial charge in [-0.15, -0.1) is 11.3 Å². The third-order valence-electron chi connectivity index (χ3n) is 2.72. The van der Waals surface area contributed by atoms with Crippen LogP contribution in [-0.4, -0.2) is 15.8 Å². The van der Waals surface area contributed by atoms with Gasteiger partial charge < -0.3 is 4.57 Å². The minimum Gasteiger partial charge on any atom is -0.350 e. The number of thiazole rings is 1. The Kier molecular flexibility index (Phi) is 2.82. The van der Waals surface area contributed by atoms with Gasteiger partial charge in [-0.25, -0.2) is 4.98 Å². The van der Waals surface area contributed by atoms with Crippen molar-refractivity contribution in [3.8, 4) is 0 Å². The van der Waals surface area contributed by atoms with E-state index in [4.69, 9.17) is 0 Å². The summed E-state index contributed by atoms with van der Waals surface area (Å²) in [5.74, 6) is 0. The number of aryl methyl sites for hydroxylation is 1. The summed E-state index contributed by atoms with van der Waals surface area (Å²) in [4.78, 5) is 4.10. The molecule has 0 aliphatic carbocycles. The number of nitrogens with one attached hydrogen (secondary N) is 1. The second-order valence-electron chi connectivity index (χ2n) is 3.92. The molecule has 2 aromatic heterocycles. The van der Waals surface area contributed by atoms with E-state index < -0.39 is 0 Å². The number of hydrogen-bond donors (Lipinski definition) is 1. The SMILES string of the molecule is Cn1cc(/C=N\Nc2nccs2)c2ccccc21. The number of benzene rings is 1. The van der Waals surface area contributed by atoms with E-state index in [1.54, 1.807) is 6.20 Å². The molecule has 0 saturated heterocycles. The van der Waals surface area contributed by atoms with Gasteiger partial charge in [0.1, 0.15) is 0 Å². The summed E-state index contributed by atoms with van der Waals surface area (Å²) in [5, 5.41) is 8.12. The normalized spacial score (nSPS) is 11.4. The predicted molar refractivity (Wildman–Crippen MR) is 76.2 cm³/mol. The summed E-state index contributed by atoms with van der Waals surface area (Å²) in [7, 11) is 2.04. The molecule has 0 bridgehead atoms. The maximum atomic E-state index is 4.21. The number of fused-ring (bicyclic) bond motifs is 1. The minimum atomic E-state index is 0.798. The standard InChI is InChI=1S/C13H12N4S/c1-17-9-10(11-4-2-3-5-12(11)17)8-15-16-13-14-6-7-18-13/h2-9H,1H3,(H,14,16)/b15-8-. The van der Waals surface area contributed by atoms with Gasteiger partial charge in [0.15, 0.2) is 0 Å². The molecule has 1 N–H and O–H groups in total. The van der Waals surface area contributed by atoms with Crippen LogP contribution in [0.3, 0.4) is 0 Å². The van der Waals surface area contributed by atoms with Crippen LogP contribution in [0.1, 0.15) is 5.56 Å². The van der Waals surface area contributed by atoms with Crippen molar-refractivity contribution < 1.29 is 0 Å². The number of anilines is 1. The molecule has 0 unspecified atom stereocenters. The van der Waals surface area contributed by atoms with Gasteiger partial charge in [-0.05, 0) is 6.07 Å². The molecule has 0 atom stereocenters. The van der Waals surface area contributed by atoms with Crippen molar-refractivity contribution in [1.29, 1.82) is 0 Å². The fourth-order valence-corrected chi connectivity index (χ4v) is 2.39. The Labute approximate surface area is 109 Å². The highest BCUT2D eigenvalue weighted by Crippen LogP contribution is 2.18. The van der Waals surface area contributed by atoms with Gasteiger partial charge in [0.05, 0.1) is 6.21 Å². The molecule has 0 saturated carbocycles. The van der Waals surface area contributed by atoms with Crippen molar-refractivity contribution in [2.75, 3.05) is 5.43 Å². The quantitative estimate of drug-likeness (QED) is 0.578. The number of hydrogen-bond acceptors (Lipinski definition) is 4. The van der Waals surface area contributed by atoms with E-state index in [9.17, 15) is 0 Å². The minimum absolute atomic E-state index is 0.798. The predicted octanol–water partition coefficient (Wildman–Crippen LogP) is 3.08. The van der Waals surface area contributed by atoms with Crippen LogP contribution < -0.4 is 5.43 Å². The highest BCUT2D eigenvalue weighted by atomic mass is 32.1. The van der Waals surface area contributed by atoms with E-state index in [0.717, 1.165) is 10.7 Å². The maximum absolute atomic E-state index is 4.21. The van der Waals surface area contributed by atoms with Gasteiger partial charge in [0, 0.05) is 41.3 Å². The van der Waals surface area contributed by atoms with Crippen LogP contribution in [0.2, 0.25) is 0 Å². The molecule has 3 rings (SSSR count). The van der Waals surface area contributed by atoms with Gasteiger partial charge in [0.25, 0.3) is 0 Å². The molecule has 4 nitrogen and oxygen atoms in total. The molecular formula is C13H12N4S. The van der Waals surface area contributed by atoms with Crippen LogP contribution in [0, 0.1) is 0 Å². The van der Waals surface area contributed by atoms with E-state index in [1.165, 1.54) is 22.2 Å². The zero-order valence-electron chi connectivity index (χ0n) is 9.87. The van der Waals surface area contributed by atoms with Crippen LogP contribution in [-0.2, 0) is 7.05 Å². The Morgan fingerprint density at radius 2 is 2.28 bits per heavy atom. The Balaban J connectivity index is 1.88. The van der Waals surface area contributed by atoms with E-state index in [-0.39, 0.29) is 0 Å². The van der Waals surface area contributed by atoms with Crippen LogP contribution in [0.15, 0.2) is 47.1 Å². The van der Waals surface area contributed by atoms with Gasteiger partial charge in [-0.1, -0.05) is 18.2 Å². The molecule has 2 heterocycles. The fourth-order valence-electron chi connectivity index (χ4n) is 1.91. The average molecular weight is 256 g/mol. The van der Waals surface area contributed by atoms with Crippen molar-refractivity contribution in [3.05, 3.63) is 47.6 Å². The van der Waals surface area contributed by atoms with E-state index in [2.05, 4.69) is 38.4 Å². The lowest BCUT2D eigenvalue weighted by molar-refractivity contribution is 0.968. The molecule has 5 heteroatoms.